The molecule has 1 saturated carbocycles. The number of aliphatic hydroxyl groups is 1. The van der Waals surface area contributed by atoms with Crippen molar-refractivity contribution in [2.45, 2.75) is 90.9 Å². The van der Waals surface area contributed by atoms with Gasteiger partial charge in [-0.15, -0.1) is 0 Å². The summed E-state index contributed by atoms with van der Waals surface area (Å²) in [6.07, 6.45) is 10.9. The highest BCUT2D eigenvalue weighted by molar-refractivity contribution is 5.87. The number of aryl methyl sites for hydroxylation is 3. The molecule has 1 unspecified atom stereocenters. The molecule has 1 N–H and O–H groups in total. The van der Waals surface area contributed by atoms with Gasteiger partial charge in [-0.3, -0.25) is 4.79 Å². The third-order valence-corrected chi connectivity index (χ3v) is 9.91. The Hall–Kier alpha value is -3.70. The van der Waals surface area contributed by atoms with Crippen LogP contribution < -0.4 is 0 Å². The standard InChI is InChI=1S/C41H52O5/c1-5-7-8-9-32-16-19-38(25-31(32)6-2)34-14-17-36(18-15-34)40-21-20-37(24-29(40)3)33-10-12-35(13-11-33)39(27-45-28-43)22-23-46-41(44)30(4)26-42/h14-21,24-25,28,33,35,39,42H,4-13,22-23,26-27H2,1-3H3. The summed E-state index contributed by atoms with van der Waals surface area (Å²) in [6, 6.07) is 23.0. The minimum absolute atomic E-state index is 0.0451. The quantitative estimate of drug-likeness (QED) is 0.0702. The highest BCUT2D eigenvalue weighted by Crippen LogP contribution is 2.41. The molecule has 1 fully saturated rings. The predicted molar refractivity (Wildman–Crippen MR) is 187 cm³/mol. The largest absolute Gasteiger partial charge is 0.468 e. The van der Waals surface area contributed by atoms with Gasteiger partial charge in [0.15, 0.2) is 0 Å². The molecule has 5 heteroatoms. The van der Waals surface area contributed by atoms with Crippen molar-refractivity contribution in [2.24, 2.45) is 11.8 Å². The molecule has 0 saturated heterocycles. The number of hydrogen-bond acceptors (Lipinski definition) is 5. The van der Waals surface area contributed by atoms with Crippen molar-refractivity contribution < 1.29 is 24.2 Å². The number of carbonyl (C=O) groups excluding carboxylic acids is 2. The summed E-state index contributed by atoms with van der Waals surface area (Å²) in [6.45, 7) is 10.9. The Morgan fingerprint density at radius 2 is 1.65 bits per heavy atom. The number of rotatable bonds is 17. The lowest BCUT2D eigenvalue weighted by Crippen LogP contribution is -2.26. The number of aliphatic hydroxyl groups excluding tert-OH is 1. The topological polar surface area (TPSA) is 72.8 Å². The van der Waals surface area contributed by atoms with E-state index in [1.165, 1.54) is 70.2 Å². The van der Waals surface area contributed by atoms with Crippen LogP contribution >= 0.6 is 0 Å². The van der Waals surface area contributed by atoms with E-state index in [1.54, 1.807) is 0 Å². The minimum atomic E-state index is -0.579. The smallest absolute Gasteiger partial charge is 0.335 e. The summed E-state index contributed by atoms with van der Waals surface area (Å²) in [5.41, 5.74) is 10.8. The Kier molecular flexibility index (Phi) is 13.6. The average Bonchev–Trinajstić information content (AvgIpc) is 3.09. The maximum Gasteiger partial charge on any atom is 0.335 e. The lowest BCUT2D eigenvalue weighted by Gasteiger charge is -2.34. The first-order valence-electron chi connectivity index (χ1n) is 17.2. The van der Waals surface area contributed by atoms with Gasteiger partial charge < -0.3 is 14.6 Å². The van der Waals surface area contributed by atoms with E-state index in [0.29, 0.717) is 31.3 Å². The zero-order valence-corrected chi connectivity index (χ0v) is 28.1. The molecule has 1 aliphatic carbocycles. The summed E-state index contributed by atoms with van der Waals surface area (Å²) in [5, 5.41) is 9.08. The third kappa shape index (κ3) is 9.42. The van der Waals surface area contributed by atoms with Gasteiger partial charge in [0.25, 0.3) is 6.47 Å². The number of unbranched alkanes of at least 4 members (excludes halogenated alkanes) is 2. The first-order chi connectivity index (χ1) is 22.4. The van der Waals surface area contributed by atoms with Crippen LogP contribution in [0.25, 0.3) is 22.3 Å². The Morgan fingerprint density at radius 1 is 0.935 bits per heavy atom. The van der Waals surface area contributed by atoms with E-state index in [0.717, 1.165) is 32.1 Å². The molecule has 0 heterocycles. The van der Waals surface area contributed by atoms with Gasteiger partial charge in [0, 0.05) is 0 Å². The van der Waals surface area contributed by atoms with Crippen molar-refractivity contribution in [3.05, 3.63) is 95.1 Å². The van der Waals surface area contributed by atoms with Crippen LogP contribution in [-0.4, -0.2) is 37.4 Å². The average molecular weight is 625 g/mol. The Balaban J connectivity index is 1.36. The Morgan fingerprint density at radius 3 is 2.30 bits per heavy atom. The van der Waals surface area contributed by atoms with Gasteiger partial charge in [0.1, 0.15) is 0 Å². The second-order valence-corrected chi connectivity index (χ2v) is 12.9. The summed E-state index contributed by atoms with van der Waals surface area (Å²) < 4.78 is 10.4. The fourth-order valence-corrected chi connectivity index (χ4v) is 7.06. The Bertz CT molecular complexity index is 1430. The van der Waals surface area contributed by atoms with Crippen LogP contribution in [0.3, 0.4) is 0 Å². The molecule has 46 heavy (non-hydrogen) atoms. The molecular formula is C41H52O5. The van der Waals surface area contributed by atoms with Gasteiger partial charge in [-0.05, 0) is 121 Å². The lowest BCUT2D eigenvalue weighted by molar-refractivity contribution is -0.141. The molecule has 4 rings (SSSR count). The molecule has 3 aromatic carbocycles. The number of ether oxygens (including phenoxy) is 2. The van der Waals surface area contributed by atoms with E-state index < -0.39 is 12.6 Å². The van der Waals surface area contributed by atoms with Crippen molar-refractivity contribution in [3.8, 4) is 22.3 Å². The molecule has 246 valence electrons. The predicted octanol–water partition coefficient (Wildman–Crippen LogP) is 9.17. The number of benzene rings is 3. The van der Waals surface area contributed by atoms with Gasteiger partial charge in [-0.25, -0.2) is 4.79 Å². The molecular weight excluding hydrogens is 572 g/mol. The third-order valence-electron chi connectivity index (χ3n) is 9.91. The first kappa shape index (κ1) is 35.2. The van der Waals surface area contributed by atoms with E-state index >= 15 is 0 Å². The molecule has 0 bridgehead atoms. The maximum atomic E-state index is 11.9. The first-order valence-corrected chi connectivity index (χ1v) is 17.2. The summed E-state index contributed by atoms with van der Waals surface area (Å²) in [5.74, 6) is 0.457. The van der Waals surface area contributed by atoms with E-state index in [2.05, 4.69) is 88.0 Å². The molecule has 0 spiro atoms. The van der Waals surface area contributed by atoms with Gasteiger partial charge in [-0.2, -0.15) is 0 Å². The van der Waals surface area contributed by atoms with E-state index in [-0.39, 0.29) is 18.1 Å². The van der Waals surface area contributed by atoms with Gasteiger partial charge in [-0.1, -0.05) is 93.9 Å². The number of hydrogen-bond donors (Lipinski definition) is 1. The van der Waals surface area contributed by atoms with Crippen molar-refractivity contribution in [3.63, 3.8) is 0 Å². The van der Waals surface area contributed by atoms with Crippen LogP contribution in [-0.2, 0) is 31.9 Å². The molecule has 1 aliphatic rings. The molecule has 5 nitrogen and oxygen atoms in total. The number of carbonyl (C=O) groups is 2. The fourth-order valence-electron chi connectivity index (χ4n) is 7.06. The molecule has 0 aromatic heterocycles. The zero-order chi connectivity index (χ0) is 32.9. The molecule has 0 aliphatic heterocycles. The fraction of sp³-hybridized carbons (Fsp3) is 0.463. The minimum Gasteiger partial charge on any atom is -0.468 e. The van der Waals surface area contributed by atoms with Gasteiger partial charge >= 0.3 is 5.97 Å². The second-order valence-electron chi connectivity index (χ2n) is 12.9. The Labute approximate surface area is 276 Å². The lowest BCUT2D eigenvalue weighted by atomic mass is 9.73. The molecule has 3 aromatic rings. The van der Waals surface area contributed by atoms with Crippen LogP contribution in [0.2, 0.25) is 0 Å². The van der Waals surface area contributed by atoms with E-state index in [1.807, 2.05) is 0 Å². The van der Waals surface area contributed by atoms with Gasteiger partial charge in [0.05, 0.1) is 25.4 Å². The molecule has 0 radical (unpaired) electrons. The SMILES string of the molecule is C=C(CO)C(=O)OCCC(COC=O)C1CCC(c2ccc(-c3ccc(-c4ccc(CCCCC)c(CC)c4)cc3)c(C)c2)CC1. The monoisotopic (exact) mass is 624 g/mol. The maximum absolute atomic E-state index is 11.9. The van der Waals surface area contributed by atoms with E-state index in [4.69, 9.17) is 14.6 Å². The van der Waals surface area contributed by atoms with Crippen LogP contribution in [0, 0.1) is 18.8 Å². The molecule has 1 atom stereocenters. The highest BCUT2D eigenvalue weighted by Gasteiger charge is 2.29. The van der Waals surface area contributed by atoms with Crippen molar-refractivity contribution >= 4 is 12.4 Å². The van der Waals surface area contributed by atoms with Crippen LogP contribution in [0.5, 0.6) is 0 Å². The number of esters is 1. The van der Waals surface area contributed by atoms with Gasteiger partial charge in [0.2, 0.25) is 0 Å². The van der Waals surface area contributed by atoms with Crippen LogP contribution in [0.1, 0.15) is 93.4 Å². The summed E-state index contributed by atoms with van der Waals surface area (Å²) in [7, 11) is 0. The zero-order valence-electron chi connectivity index (χ0n) is 28.1. The van der Waals surface area contributed by atoms with Crippen molar-refractivity contribution in [2.75, 3.05) is 19.8 Å². The summed E-state index contributed by atoms with van der Waals surface area (Å²) >= 11 is 0. The van der Waals surface area contributed by atoms with Crippen LogP contribution in [0.15, 0.2) is 72.8 Å². The summed E-state index contributed by atoms with van der Waals surface area (Å²) in [4.78, 5) is 22.8. The second kappa shape index (κ2) is 17.9. The molecule has 0 amide bonds. The normalized spacial score (nSPS) is 16.9. The highest BCUT2D eigenvalue weighted by atomic mass is 16.5. The van der Waals surface area contributed by atoms with E-state index in [9.17, 15) is 9.59 Å². The van der Waals surface area contributed by atoms with Crippen molar-refractivity contribution in [1.29, 1.82) is 0 Å². The van der Waals surface area contributed by atoms with Crippen molar-refractivity contribution in [1.82, 2.24) is 0 Å². The van der Waals surface area contributed by atoms with Crippen LogP contribution in [0.4, 0.5) is 0 Å².